The molecule has 0 saturated carbocycles. The number of carbonyl (C=O) groups excluding carboxylic acids is 1. The third-order valence-electron chi connectivity index (χ3n) is 4.41. The van der Waals surface area contributed by atoms with E-state index < -0.39 is 24.9 Å². The minimum Gasteiger partial charge on any atom is -0.340 e. The second-order valence-electron chi connectivity index (χ2n) is 7.23. The first-order valence-electron chi connectivity index (χ1n) is 9.74. The molecular formula is C22H21ClF3N5O2. The summed E-state index contributed by atoms with van der Waals surface area (Å²) in [7, 11) is 3.71. The van der Waals surface area contributed by atoms with E-state index in [1.165, 1.54) is 36.7 Å². The van der Waals surface area contributed by atoms with Crippen molar-refractivity contribution in [3.63, 3.8) is 0 Å². The fraction of sp³-hybridized carbons (Fsp3) is 0.227. The monoisotopic (exact) mass is 479 g/mol. The SMILES string of the molecule is CN(C)C/C=C/C(=O)Nc1cc2c(Nc3ccc(F)c(Cl)c3)ncnc2cc1COC(F)F. The van der Waals surface area contributed by atoms with Gasteiger partial charge in [-0.15, -0.1) is 0 Å². The van der Waals surface area contributed by atoms with E-state index in [1.54, 1.807) is 12.1 Å². The van der Waals surface area contributed by atoms with Gasteiger partial charge in [0.15, 0.2) is 0 Å². The number of aromatic nitrogens is 2. The predicted octanol–water partition coefficient (Wildman–Crippen LogP) is 4.96. The summed E-state index contributed by atoms with van der Waals surface area (Å²) in [6.45, 7) is -2.87. The van der Waals surface area contributed by atoms with Gasteiger partial charge in [0.2, 0.25) is 5.91 Å². The maximum Gasteiger partial charge on any atom is 0.345 e. The maximum atomic E-state index is 13.5. The topological polar surface area (TPSA) is 79.4 Å². The van der Waals surface area contributed by atoms with Gasteiger partial charge in [-0.05, 0) is 44.4 Å². The highest BCUT2D eigenvalue weighted by Crippen LogP contribution is 2.30. The average molecular weight is 480 g/mol. The summed E-state index contributed by atoms with van der Waals surface area (Å²) in [5, 5.41) is 6.14. The highest BCUT2D eigenvalue weighted by atomic mass is 35.5. The third kappa shape index (κ3) is 6.88. The molecule has 7 nitrogen and oxygen atoms in total. The van der Waals surface area contributed by atoms with E-state index in [1.807, 2.05) is 19.0 Å². The van der Waals surface area contributed by atoms with Crippen LogP contribution in [0.4, 0.5) is 30.4 Å². The van der Waals surface area contributed by atoms with Gasteiger partial charge in [-0.2, -0.15) is 8.78 Å². The molecule has 0 bridgehead atoms. The zero-order valence-electron chi connectivity index (χ0n) is 17.8. The summed E-state index contributed by atoms with van der Waals surface area (Å²) in [5.74, 6) is -0.653. The fourth-order valence-electron chi connectivity index (χ4n) is 2.89. The smallest absolute Gasteiger partial charge is 0.340 e. The van der Waals surface area contributed by atoms with Crippen LogP contribution in [-0.2, 0) is 16.1 Å². The summed E-state index contributed by atoms with van der Waals surface area (Å²) in [5.41, 5.74) is 1.47. The average Bonchev–Trinajstić information content (AvgIpc) is 2.75. The first kappa shape index (κ1) is 24.4. The lowest BCUT2D eigenvalue weighted by atomic mass is 10.1. The van der Waals surface area contributed by atoms with Crippen molar-refractivity contribution < 1.29 is 22.7 Å². The number of hydrogen-bond acceptors (Lipinski definition) is 6. The minimum atomic E-state index is -2.98. The van der Waals surface area contributed by atoms with Crippen LogP contribution in [0.1, 0.15) is 5.56 Å². The van der Waals surface area contributed by atoms with Gasteiger partial charge in [0.1, 0.15) is 18.0 Å². The highest BCUT2D eigenvalue weighted by Gasteiger charge is 2.14. The number of anilines is 3. The molecule has 33 heavy (non-hydrogen) atoms. The van der Waals surface area contributed by atoms with Crippen molar-refractivity contribution in [2.24, 2.45) is 0 Å². The number of carbonyl (C=O) groups is 1. The molecule has 0 fully saturated rings. The molecule has 0 atom stereocenters. The standard InChI is InChI=1S/C22H21ClF3N5O2/c1-31(2)7-3-4-20(32)30-18-10-15-19(8-13(18)11-33-22(25)26)27-12-28-21(15)29-14-5-6-17(24)16(23)9-14/h3-6,8-10,12,22H,7,11H2,1-2H3,(H,30,32)(H,27,28,29)/b4-3+. The van der Waals surface area contributed by atoms with Crippen LogP contribution in [0.15, 0.2) is 48.8 Å². The van der Waals surface area contributed by atoms with Crippen molar-refractivity contribution in [1.82, 2.24) is 14.9 Å². The number of nitrogens with one attached hydrogen (secondary N) is 2. The van der Waals surface area contributed by atoms with Crippen LogP contribution in [0.25, 0.3) is 10.9 Å². The zero-order valence-corrected chi connectivity index (χ0v) is 18.5. The number of alkyl halides is 2. The number of fused-ring (bicyclic) bond motifs is 1. The van der Waals surface area contributed by atoms with Crippen LogP contribution in [0.5, 0.6) is 0 Å². The van der Waals surface area contributed by atoms with Gasteiger partial charge >= 0.3 is 6.61 Å². The van der Waals surface area contributed by atoms with Crippen molar-refractivity contribution in [3.05, 3.63) is 65.2 Å². The number of amides is 1. The summed E-state index contributed by atoms with van der Waals surface area (Å²) in [4.78, 5) is 22.6. The Morgan fingerprint density at radius 1 is 1.24 bits per heavy atom. The van der Waals surface area contributed by atoms with Gasteiger partial charge in [-0.1, -0.05) is 17.7 Å². The van der Waals surface area contributed by atoms with Crippen LogP contribution in [0, 0.1) is 5.82 Å². The Labute approximate surface area is 193 Å². The van der Waals surface area contributed by atoms with Gasteiger partial charge in [-0.25, -0.2) is 14.4 Å². The molecule has 0 aliphatic carbocycles. The van der Waals surface area contributed by atoms with Gasteiger partial charge in [0, 0.05) is 34.9 Å². The van der Waals surface area contributed by atoms with Crippen LogP contribution in [0.2, 0.25) is 5.02 Å². The second kappa shape index (κ2) is 11.1. The minimum absolute atomic E-state index is 0.0674. The van der Waals surface area contributed by atoms with Crippen molar-refractivity contribution >= 4 is 45.6 Å². The number of benzene rings is 2. The number of likely N-dealkylation sites (N-methyl/N-ethyl adjacent to an activating group) is 1. The quantitative estimate of drug-likeness (QED) is 0.422. The Morgan fingerprint density at radius 3 is 2.73 bits per heavy atom. The molecule has 3 rings (SSSR count). The van der Waals surface area contributed by atoms with E-state index in [-0.39, 0.29) is 10.7 Å². The van der Waals surface area contributed by atoms with E-state index in [2.05, 4.69) is 25.3 Å². The molecule has 2 N–H and O–H groups in total. The summed E-state index contributed by atoms with van der Waals surface area (Å²) < 4.78 is 43.2. The number of rotatable bonds is 9. The first-order chi connectivity index (χ1) is 15.7. The van der Waals surface area contributed by atoms with Gasteiger partial charge in [0.25, 0.3) is 0 Å². The van der Waals surface area contributed by atoms with Gasteiger partial charge in [0.05, 0.1) is 17.1 Å². The molecule has 1 aromatic heterocycles. The Morgan fingerprint density at radius 2 is 2.03 bits per heavy atom. The van der Waals surface area contributed by atoms with Crippen LogP contribution >= 0.6 is 11.6 Å². The first-order valence-corrected chi connectivity index (χ1v) is 10.1. The van der Waals surface area contributed by atoms with E-state index in [0.29, 0.717) is 34.5 Å². The Bertz CT molecular complexity index is 1170. The van der Waals surface area contributed by atoms with E-state index in [0.717, 1.165) is 0 Å². The number of hydrogen-bond donors (Lipinski definition) is 2. The molecule has 0 spiro atoms. The Balaban J connectivity index is 1.97. The maximum absolute atomic E-state index is 13.5. The van der Waals surface area contributed by atoms with Gasteiger partial charge < -0.3 is 20.3 Å². The Hall–Kier alpha value is -3.21. The molecule has 0 unspecified atom stereocenters. The lowest BCUT2D eigenvalue weighted by Gasteiger charge is -2.14. The molecule has 1 heterocycles. The molecular weight excluding hydrogens is 459 g/mol. The summed E-state index contributed by atoms with van der Waals surface area (Å²) >= 11 is 5.84. The molecule has 3 aromatic rings. The van der Waals surface area contributed by atoms with Gasteiger partial charge in [-0.3, -0.25) is 4.79 Å². The van der Waals surface area contributed by atoms with Crippen molar-refractivity contribution in [3.8, 4) is 0 Å². The highest BCUT2D eigenvalue weighted by molar-refractivity contribution is 6.31. The largest absolute Gasteiger partial charge is 0.345 e. The lowest BCUT2D eigenvalue weighted by Crippen LogP contribution is -2.14. The predicted molar refractivity (Wildman–Crippen MR) is 121 cm³/mol. The number of ether oxygens (including phenoxy) is 1. The van der Waals surface area contributed by atoms with E-state index in [4.69, 9.17) is 11.6 Å². The Kier molecular flexibility index (Phi) is 8.21. The van der Waals surface area contributed by atoms with Crippen LogP contribution in [0.3, 0.4) is 0 Å². The fourth-order valence-corrected chi connectivity index (χ4v) is 3.07. The molecule has 1 amide bonds. The zero-order chi connectivity index (χ0) is 24.0. The second-order valence-corrected chi connectivity index (χ2v) is 7.64. The van der Waals surface area contributed by atoms with Crippen LogP contribution < -0.4 is 10.6 Å². The molecule has 174 valence electrons. The number of halogens is 4. The molecule has 0 aliphatic rings. The lowest BCUT2D eigenvalue weighted by molar-refractivity contribution is -0.137. The third-order valence-corrected chi connectivity index (χ3v) is 4.69. The van der Waals surface area contributed by atoms with Crippen molar-refractivity contribution in [1.29, 1.82) is 0 Å². The molecule has 0 saturated heterocycles. The van der Waals surface area contributed by atoms with Crippen molar-refractivity contribution in [2.45, 2.75) is 13.2 Å². The molecule has 11 heteroatoms. The van der Waals surface area contributed by atoms with Crippen LogP contribution in [-0.4, -0.2) is 48.0 Å². The summed E-state index contributed by atoms with van der Waals surface area (Å²) in [6.07, 6.45) is 4.30. The van der Waals surface area contributed by atoms with E-state index >= 15 is 0 Å². The summed E-state index contributed by atoms with van der Waals surface area (Å²) in [6, 6.07) is 7.18. The van der Waals surface area contributed by atoms with E-state index in [9.17, 15) is 18.0 Å². The molecule has 2 aromatic carbocycles. The molecule has 0 aliphatic heterocycles. The van der Waals surface area contributed by atoms with Crippen molar-refractivity contribution in [2.75, 3.05) is 31.3 Å². The number of nitrogens with zero attached hydrogens (tertiary/aromatic N) is 3. The normalized spacial score (nSPS) is 11.6. The molecule has 0 radical (unpaired) electrons.